The first kappa shape index (κ1) is 17.0. The molecule has 1 aromatic carbocycles. The van der Waals surface area contributed by atoms with Crippen molar-refractivity contribution in [2.75, 3.05) is 6.54 Å². The lowest BCUT2D eigenvalue weighted by Gasteiger charge is -2.33. The van der Waals surface area contributed by atoms with Gasteiger partial charge in [0.1, 0.15) is 0 Å². The lowest BCUT2D eigenvalue weighted by atomic mass is 9.88. The van der Waals surface area contributed by atoms with Gasteiger partial charge in [0.15, 0.2) is 5.78 Å². The maximum absolute atomic E-state index is 12.4. The second-order valence-corrected chi connectivity index (χ2v) is 6.24. The molecule has 0 fully saturated rings. The van der Waals surface area contributed by atoms with Crippen LogP contribution in [0.1, 0.15) is 47.1 Å². The fourth-order valence-electron chi connectivity index (χ4n) is 2.17. The van der Waals surface area contributed by atoms with Crippen LogP contribution in [0.4, 0.5) is 0 Å². The Kier molecular flexibility index (Phi) is 5.01. The van der Waals surface area contributed by atoms with Gasteiger partial charge in [-0.15, -0.1) is 0 Å². The number of ketones is 1. The number of hydrogen-bond acceptors (Lipinski definition) is 3. The van der Waals surface area contributed by atoms with E-state index in [1.807, 2.05) is 20.8 Å². The summed E-state index contributed by atoms with van der Waals surface area (Å²) in [7, 11) is 0. The molecular formula is C18H23N3O2. The molecule has 1 atom stereocenters. The van der Waals surface area contributed by atoms with Crippen LogP contribution in [0, 0.1) is 5.92 Å². The lowest BCUT2D eigenvalue weighted by Crippen LogP contribution is -2.55. The van der Waals surface area contributed by atoms with E-state index in [4.69, 9.17) is 5.73 Å². The summed E-state index contributed by atoms with van der Waals surface area (Å²) in [6, 6.07) is 8.37. The highest BCUT2D eigenvalue weighted by Crippen LogP contribution is 2.16. The minimum Gasteiger partial charge on any atom is -0.367 e. The van der Waals surface area contributed by atoms with Crippen LogP contribution in [0.25, 0.3) is 0 Å². The molecule has 0 aliphatic heterocycles. The molecule has 2 aromatic rings. The number of aromatic amines is 1. The highest BCUT2D eigenvalue weighted by atomic mass is 16.2. The van der Waals surface area contributed by atoms with E-state index in [9.17, 15) is 9.59 Å². The molecule has 0 bridgehead atoms. The molecule has 5 nitrogen and oxygen atoms in total. The van der Waals surface area contributed by atoms with E-state index in [1.54, 1.807) is 42.7 Å². The van der Waals surface area contributed by atoms with Gasteiger partial charge in [0.25, 0.3) is 5.91 Å². The maximum Gasteiger partial charge on any atom is 0.251 e. The minimum atomic E-state index is -0.462. The van der Waals surface area contributed by atoms with Crippen LogP contribution in [-0.4, -0.2) is 28.8 Å². The van der Waals surface area contributed by atoms with Gasteiger partial charge >= 0.3 is 0 Å². The summed E-state index contributed by atoms with van der Waals surface area (Å²) in [5.41, 5.74) is 6.98. The zero-order valence-electron chi connectivity index (χ0n) is 13.7. The third kappa shape index (κ3) is 3.68. The predicted molar refractivity (Wildman–Crippen MR) is 90.4 cm³/mol. The Morgan fingerprint density at radius 3 is 2.22 bits per heavy atom. The lowest BCUT2D eigenvalue weighted by molar-refractivity contribution is 0.0882. The Labute approximate surface area is 136 Å². The average molecular weight is 313 g/mol. The Morgan fingerprint density at radius 1 is 1.13 bits per heavy atom. The second-order valence-electron chi connectivity index (χ2n) is 6.24. The summed E-state index contributed by atoms with van der Waals surface area (Å²) in [4.78, 5) is 27.4. The number of nitrogens with two attached hydrogens (primary N) is 1. The minimum absolute atomic E-state index is 0.0767. The molecule has 5 heteroatoms. The number of nitrogens with one attached hydrogen (secondary N) is 2. The Morgan fingerprint density at radius 2 is 1.74 bits per heavy atom. The third-order valence-corrected chi connectivity index (χ3v) is 4.37. The number of aromatic nitrogens is 1. The zero-order valence-corrected chi connectivity index (χ0v) is 13.7. The highest BCUT2D eigenvalue weighted by Gasteiger charge is 2.28. The van der Waals surface area contributed by atoms with Crippen molar-refractivity contribution >= 4 is 11.7 Å². The maximum atomic E-state index is 12.4. The van der Waals surface area contributed by atoms with Crippen LogP contribution in [0.3, 0.4) is 0 Å². The fourth-order valence-corrected chi connectivity index (χ4v) is 2.17. The van der Waals surface area contributed by atoms with E-state index in [-0.39, 0.29) is 17.6 Å². The number of benzene rings is 1. The van der Waals surface area contributed by atoms with Gasteiger partial charge in [-0.3, -0.25) is 9.59 Å². The SMILES string of the molecule is CC(C)C(C)(CN)NC(=O)c1ccc(C(=O)c2cc[nH]c2)cc1. The largest absolute Gasteiger partial charge is 0.367 e. The summed E-state index contributed by atoms with van der Waals surface area (Å²) in [5.74, 6) is -0.0506. The predicted octanol–water partition coefficient (Wildman–Crippen LogP) is 2.35. The van der Waals surface area contributed by atoms with E-state index in [2.05, 4.69) is 10.3 Å². The van der Waals surface area contributed by atoms with Crippen molar-refractivity contribution in [1.82, 2.24) is 10.3 Å². The molecule has 1 amide bonds. The van der Waals surface area contributed by atoms with Crippen molar-refractivity contribution in [2.45, 2.75) is 26.3 Å². The molecule has 0 radical (unpaired) electrons. The first-order chi connectivity index (χ1) is 10.9. The van der Waals surface area contributed by atoms with E-state index < -0.39 is 5.54 Å². The van der Waals surface area contributed by atoms with E-state index >= 15 is 0 Å². The smallest absolute Gasteiger partial charge is 0.251 e. The first-order valence-electron chi connectivity index (χ1n) is 7.67. The highest BCUT2D eigenvalue weighted by molar-refractivity contribution is 6.09. The molecule has 2 rings (SSSR count). The van der Waals surface area contributed by atoms with Crippen LogP contribution in [-0.2, 0) is 0 Å². The topological polar surface area (TPSA) is 88.0 Å². The molecule has 4 N–H and O–H groups in total. The van der Waals surface area contributed by atoms with Gasteiger partial charge in [0.2, 0.25) is 0 Å². The molecule has 1 unspecified atom stereocenters. The third-order valence-electron chi connectivity index (χ3n) is 4.37. The normalized spacial score (nSPS) is 13.6. The van der Waals surface area contributed by atoms with E-state index in [0.29, 0.717) is 23.2 Å². The Hall–Kier alpha value is -2.40. The summed E-state index contributed by atoms with van der Waals surface area (Å²) >= 11 is 0. The second kappa shape index (κ2) is 6.79. The molecule has 0 spiro atoms. The molecule has 122 valence electrons. The molecule has 0 aliphatic rings. The van der Waals surface area contributed by atoms with Gasteiger partial charge < -0.3 is 16.0 Å². The fraction of sp³-hybridized carbons (Fsp3) is 0.333. The van der Waals surface area contributed by atoms with Crippen molar-refractivity contribution in [3.05, 3.63) is 59.4 Å². The molecule has 0 aliphatic carbocycles. The molecule has 0 saturated carbocycles. The number of carbonyl (C=O) groups excluding carboxylic acids is 2. The molecular weight excluding hydrogens is 290 g/mol. The number of carbonyl (C=O) groups is 2. The van der Waals surface area contributed by atoms with Gasteiger partial charge in [-0.2, -0.15) is 0 Å². The zero-order chi connectivity index (χ0) is 17.0. The van der Waals surface area contributed by atoms with Crippen LogP contribution in [0.2, 0.25) is 0 Å². The first-order valence-corrected chi connectivity index (χ1v) is 7.67. The summed E-state index contributed by atoms with van der Waals surface area (Å²) < 4.78 is 0. The standard InChI is InChI=1S/C18H23N3O2/c1-12(2)18(3,11-19)21-17(23)14-6-4-13(5-7-14)16(22)15-8-9-20-10-15/h4-10,12,20H,11,19H2,1-3H3,(H,21,23). The number of rotatable bonds is 6. The van der Waals surface area contributed by atoms with E-state index in [0.717, 1.165) is 0 Å². The number of amides is 1. The van der Waals surface area contributed by atoms with Gasteiger partial charge in [0, 0.05) is 35.6 Å². The average Bonchev–Trinajstić information content (AvgIpc) is 3.08. The van der Waals surface area contributed by atoms with Gasteiger partial charge in [-0.05, 0) is 31.0 Å². The van der Waals surface area contributed by atoms with E-state index in [1.165, 1.54) is 0 Å². The number of H-pyrrole nitrogens is 1. The number of hydrogen-bond donors (Lipinski definition) is 3. The van der Waals surface area contributed by atoms with Gasteiger partial charge in [-0.1, -0.05) is 26.0 Å². The molecule has 1 heterocycles. The van der Waals surface area contributed by atoms with Gasteiger partial charge in [0.05, 0.1) is 5.54 Å². The van der Waals surface area contributed by atoms with Crippen molar-refractivity contribution < 1.29 is 9.59 Å². The summed E-state index contributed by atoms with van der Waals surface area (Å²) in [6.45, 7) is 6.33. The van der Waals surface area contributed by atoms with Crippen LogP contribution in [0.5, 0.6) is 0 Å². The van der Waals surface area contributed by atoms with Crippen molar-refractivity contribution in [3.8, 4) is 0 Å². The van der Waals surface area contributed by atoms with Crippen LogP contribution in [0.15, 0.2) is 42.7 Å². The Balaban J connectivity index is 2.13. The van der Waals surface area contributed by atoms with Crippen molar-refractivity contribution in [3.63, 3.8) is 0 Å². The Bertz CT molecular complexity index is 675. The molecule has 0 saturated heterocycles. The quantitative estimate of drug-likeness (QED) is 0.715. The van der Waals surface area contributed by atoms with Crippen LogP contribution < -0.4 is 11.1 Å². The van der Waals surface area contributed by atoms with Crippen molar-refractivity contribution in [2.24, 2.45) is 11.7 Å². The monoisotopic (exact) mass is 313 g/mol. The van der Waals surface area contributed by atoms with Crippen LogP contribution >= 0.6 is 0 Å². The molecule has 1 aromatic heterocycles. The summed E-state index contributed by atoms with van der Waals surface area (Å²) in [6.07, 6.45) is 3.35. The van der Waals surface area contributed by atoms with Gasteiger partial charge in [-0.25, -0.2) is 0 Å². The molecule has 23 heavy (non-hydrogen) atoms. The summed E-state index contributed by atoms with van der Waals surface area (Å²) in [5, 5.41) is 2.98. The van der Waals surface area contributed by atoms with Crippen molar-refractivity contribution in [1.29, 1.82) is 0 Å².